The van der Waals surface area contributed by atoms with Crippen LogP contribution in [-0.2, 0) is 19.1 Å². The van der Waals surface area contributed by atoms with Crippen LogP contribution in [0.15, 0.2) is 0 Å². The van der Waals surface area contributed by atoms with Crippen molar-refractivity contribution in [3.63, 3.8) is 0 Å². The van der Waals surface area contributed by atoms with E-state index in [1.807, 2.05) is 20.8 Å². The minimum Gasteiger partial charge on any atom is -0.468 e. The summed E-state index contributed by atoms with van der Waals surface area (Å²) in [6.45, 7) is 8.90. The van der Waals surface area contributed by atoms with E-state index in [9.17, 15) is 9.59 Å². The minimum atomic E-state index is -0.749. The van der Waals surface area contributed by atoms with Gasteiger partial charge in [0.15, 0.2) is 0 Å². The zero-order chi connectivity index (χ0) is 13.0. The first-order valence-corrected chi connectivity index (χ1v) is 6.01. The molecule has 0 N–H and O–H groups in total. The fourth-order valence-corrected chi connectivity index (χ4v) is 1.51. The van der Waals surface area contributed by atoms with Crippen LogP contribution >= 0.6 is 11.8 Å². The third kappa shape index (κ3) is 6.00. The molecule has 0 saturated carbocycles. The summed E-state index contributed by atoms with van der Waals surface area (Å²) < 4.78 is 9.02. The van der Waals surface area contributed by atoms with E-state index >= 15 is 0 Å². The van der Waals surface area contributed by atoms with Gasteiger partial charge >= 0.3 is 11.9 Å². The van der Waals surface area contributed by atoms with Crippen LogP contribution in [0.4, 0.5) is 0 Å². The lowest BCUT2D eigenvalue weighted by Gasteiger charge is -2.27. The Hall–Kier alpha value is -0.710. The molecule has 0 aliphatic carbocycles. The molecule has 94 valence electrons. The van der Waals surface area contributed by atoms with Gasteiger partial charge in [-0.05, 0) is 34.6 Å². The Balaban J connectivity index is 4.32. The number of ether oxygens (including phenoxy) is 2. The van der Waals surface area contributed by atoms with E-state index in [-0.39, 0.29) is 17.7 Å². The van der Waals surface area contributed by atoms with E-state index in [2.05, 4.69) is 4.74 Å². The molecule has 0 atom stereocenters. The molecule has 0 aromatic heterocycles. The lowest BCUT2D eigenvalue weighted by molar-refractivity contribution is -0.156. The number of hydrogen-bond acceptors (Lipinski definition) is 5. The van der Waals surface area contributed by atoms with E-state index in [4.69, 9.17) is 4.74 Å². The first-order chi connectivity index (χ1) is 7.08. The molecule has 0 aliphatic rings. The molecule has 0 rings (SSSR count). The highest BCUT2D eigenvalue weighted by Crippen LogP contribution is 2.27. The molecule has 0 aromatic carbocycles. The predicted octanol–water partition coefficient (Wildman–Crippen LogP) is 2.01. The van der Waals surface area contributed by atoms with Crippen LogP contribution in [0, 0.1) is 0 Å². The van der Waals surface area contributed by atoms with Gasteiger partial charge in [0.25, 0.3) is 0 Å². The van der Waals surface area contributed by atoms with E-state index in [1.54, 1.807) is 13.8 Å². The van der Waals surface area contributed by atoms with Gasteiger partial charge in [0.2, 0.25) is 0 Å². The highest BCUT2D eigenvalue weighted by molar-refractivity contribution is 8.01. The molecule has 0 heterocycles. The molecular weight excluding hydrogens is 228 g/mol. The quantitative estimate of drug-likeness (QED) is 0.712. The number of hydrogen-bond donors (Lipinski definition) is 0. The summed E-state index contributed by atoms with van der Waals surface area (Å²) in [6, 6.07) is 0. The Morgan fingerprint density at radius 2 is 1.62 bits per heavy atom. The van der Waals surface area contributed by atoms with Crippen molar-refractivity contribution in [1.82, 2.24) is 0 Å². The number of carbonyl (C=O) groups excluding carboxylic acids is 2. The monoisotopic (exact) mass is 248 g/mol. The van der Waals surface area contributed by atoms with Crippen molar-refractivity contribution in [3.05, 3.63) is 0 Å². The highest BCUT2D eigenvalue weighted by Gasteiger charge is 2.33. The molecule has 0 bridgehead atoms. The van der Waals surface area contributed by atoms with Gasteiger partial charge in [-0.2, -0.15) is 0 Å². The number of methoxy groups -OCH3 is 1. The van der Waals surface area contributed by atoms with E-state index in [1.165, 1.54) is 18.9 Å². The standard InChI is InChI=1S/C11H20O4S/c1-10(2,3)15-9(13)11(4,5)16-7-8(12)14-6/h7H2,1-6H3. The maximum atomic E-state index is 11.8. The van der Waals surface area contributed by atoms with E-state index < -0.39 is 10.3 Å². The first kappa shape index (κ1) is 15.3. The van der Waals surface area contributed by atoms with Crippen molar-refractivity contribution in [3.8, 4) is 0 Å². The van der Waals surface area contributed by atoms with Crippen LogP contribution in [0.3, 0.4) is 0 Å². The molecule has 0 aliphatic heterocycles. The van der Waals surface area contributed by atoms with Crippen LogP contribution in [0.2, 0.25) is 0 Å². The number of rotatable bonds is 4. The van der Waals surface area contributed by atoms with Gasteiger partial charge in [0, 0.05) is 0 Å². The van der Waals surface area contributed by atoms with Gasteiger partial charge in [-0.3, -0.25) is 9.59 Å². The van der Waals surface area contributed by atoms with Crippen molar-refractivity contribution in [2.24, 2.45) is 0 Å². The molecule has 0 fully saturated rings. The molecule has 4 nitrogen and oxygen atoms in total. The van der Waals surface area contributed by atoms with Gasteiger partial charge in [-0.15, -0.1) is 11.8 Å². The second-order valence-corrected chi connectivity index (χ2v) is 6.47. The third-order valence-corrected chi connectivity index (χ3v) is 2.94. The number of thioether (sulfide) groups is 1. The molecule has 5 heteroatoms. The predicted molar refractivity (Wildman–Crippen MR) is 64.4 cm³/mol. The summed E-state index contributed by atoms with van der Waals surface area (Å²) in [4.78, 5) is 22.8. The van der Waals surface area contributed by atoms with Crippen molar-refractivity contribution in [1.29, 1.82) is 0 Å². The average Bonchev–Trinajstić information content (AvgIpc) is 2.11. The molecule has 0 spiro atoms. The second kappa shape index (κ2) is 5.57. The highest BCUT2D eigenvalue weighted by atomic mass is 32.2. The first-order valence-electron chi connectivity index (χ1n) is 5.03. The van der Waals surface area contributed by atoms with Gasteiger partial charge in [-0.1, -0.05) is 0 Å². The number of carbonyl (C=O) groups is 2. The van der Waals surface area contributed by atoms with Gasteiger partial charge in [0.1, 0.15) is 10.3 Å². The SMILES string of the molecule is COC(=O)CSC(C)(C)C(=O)OC(C)(C)C. The topological polar surface area (TPSA) is 52.6 Å². The second-order valence-electron chi connectivity index (χ2n) is 4.88. The number of esters is 2. The molecule has 0 unspecified atom stereocenters. The summed E-state index contributed by atoms with van der Waals surface area (Å²) in [5.74, 6) is -0.529. The van der Waals surface area contributed by atoms with Gasteiger partial charge in [-0.25, -0.2) is 0 Å². The molecule has 0 aromatic rings. The molecule has 16 heavy (non-hydrogen) atoms. The smallest absolute Gasteiger partial charge is 0.322 e. The minimum absolute atomic E-state index is 0.142. The lowest BCUT2D eigenvalue weighted by Crippen LogP contribution is -2.37. The Morgan fingerprint density at radius 1 is 1.12 bits per heavy atom. The van der Waals surface area contributed by atoms with Crippen LogP contribution in [0.1, 0.15) is 34.6 Å². The molecular formula is C11H20O4S. The maximum absolute atomic E-state index is 11.8. The summed E-state index contributed by atoms with van der Waals surface area (Å²) in [6.07, 6.45) is 0. The molecule has 0 amide bonds. The van der Waals surface area contributed by atoms with Gasteiger partial charge in [0.05, 0.1) is 12.9 Å². The van der Waals surface area contributed by atoms with Crippen molar-refractivity contribution in [2.45, 2.75) is 45.0 Å². The van der Waals surface area contributed by atoms with Crippen LogP contribution in [0.5, 0.6) is 0 Å². The average molecular weight is 248 g/mol. The lowest BCUT2D eigenvalue weighted by atomic mass is 10.1. The van der Waals surface area contributed by atoms with Crippen molar-refractivity contribution in [2.75, 3.05) is 12.9 Å². The summed E-state index contributed by atoms with van der Waals surface area (Å²) in [5, 5.41) is 0. The fraction of sp³-hybridized carbons (Fsp3) is 0.818. The largest absolute Gasteiger partial charge is 0.468 e. The fourth-order valence-electron chi connectivity index (χ4n) is 0.758. The van der Waals surface area contributed by atoms with Crippen LogP contribution in [-0.4, -0.2) is 35.1 Å². The summed E-state index contributed by atoms with van der Waals surface area (Å²) >= 11 is 1.21. The van der Waals surface area contributed by atoms with Crippen LogP contribution < -0.4 is 0 Å². The third-order valence-electron chi connectivity index (χ3n) is 1.67. The Kier molecular flexibility index (Phi) is 5.32. The zero-order valence-electron chi connectivity index (χ0n) is 10.7. The molecule has 0 radical (unpaired) electrons. The Morgan fingerprint density at radius 3 is 2.00 bits per heavy atom. The van der Waals surface area contributed by atoms with Gasteiger partial charge < -0.3 is 9.47 Å². The Labute approximate surface area is 101 Å². The van der Waals surface area contributed by atoms with Crippen molar-refractivity contribution >= 4 is 23.7 Å². The maximum Gasteiger partial charge on any atom is 0.322 e. The molecule has 0 saturated heterocycles. The normalized spacial score (nSPS) is 12.1. The summed E-state index contributed by atoms with van der Waals surface area (Å²) in [7, 11) is 1.32. The zero-order valence-corrected chi connectivity index (χ0v) is 11.6. The van der Waals surface area contributed by atoms with E-state index in [0.717, 1.165) is 0 Å². The van der Waals surface area contributed by atoms with E-state index in [0.29, 0.717) is 0 Å². The Bertz CT molecular complexity index is 266. The van der Waals surface area contributed by atoms with Crippen molar-refractivity contribution < 1.29 is 19.1 Å². The summed E-state index contributed by atoms with van der Waals surface area (Å²) in [5.41, 5.74) is -0.514. The van der Waals surface area contributed by atoms with Crippen LogP contribution in [0.25, 0.3) is 0 Å².